The number of methoxy groups -OCH3 is 1. The molecule has 0 aliphatic carbocycles. The molecule has 1 aliphatic heterocycles. The molecule has 142 valence electrons. The van der Waals surface area contributed by atoms with E-state index in [0.717, 1.165) is 24.3 Å². The number of rotatable bonds is 6. The molecule has 0 saturated heterocycles. The molecule has 5 heteroatoms. The standard InChI is InChI=1S/C23H23N3O2/c1-28-19-8-4-6-17(16-19)11-14-25-22-20(9-5-13-24-22)23(27)26-15-12-18-7-2-3-10-21(18)26/h2-10,13,16H,11-12,14-15H2,1H3,(H,24,25). The fourth-order valence-electron chi connectivity index (χ4n) is 3.57. The molecule has 1 aromatic heterocycles. The number of pyridine rings is 1. The predicted octanol–water partition coefficient (Wildman–Crippen LogP) is 3.95. The number of hydrogen-bond acceptors (Lipinski definition) is 4. The third-order valence-electron chi connectivity index (χ3n) is 5.01. The number of fused-ring (bicyclic) bond motifs is 1. The number of nitrogens with zero attached hydrogens (tertiary/aromatic N) is 2. The van der Waals surface area contributed by atoms with Crippen LogP contribution in [0.15, 0.2) is 66.9 Å². The quantitative estimate of drug-likeness (QED) is 0.711. The maximum Gasteiger partial charge on any atom is 0.262 e. The lowest BCUT2D eigenvalue weighted by molar-refractivity contribution is 0.0990. The van der Waals surface area contributed by atoms with E-state index in [9.17, 15) is 4.79 Å². The smallest absolute Gasteiger partial charge is 0.262 e. The van der Waals surface area contributed by atoms with E-state index >= 15 is 0 Å². The van der Waals surface area contributed by atoms with Gasteiger partial charge in [-0.25, -0.2) is 4.98 Å². The van der Waals surface area contributed by atoms with Gasteiger partial charge in [0.2, 0.25) is 0 Å². The monoisotopic (exact) mass is 373 g/mol. The summed E-state index contributed by atoms with van der Waals surface area (Å²) in [6.07, 6.45) is 3.41. The molecule has 0 fully saturated rings. The lowest BCUT2D eigenvalue weighted by Gasteiger charge is -2.19. The largest absolute Gasteiger partial charge is 0.497 e. The molecule has 1 amide bonds. The first-order valence-corrected chi connectivity index (χ1v) is 9.48. The van der Waals surface area contributed by atoms with Crippen molar-refractivity contribution in [3.05, 3.63) is 83.6 Å². The third-order valence-corrected chi connectivity index (χ3v) is 5.01. The number of nitrogens with one attached hydrogen (secondary N) is 1. The lowest BCUT2D eigenvalue weighted by Crippen LogP contribution is -2.30. The first-order valence-electron chi connectivity index (χ1n) is 9.48. The van der Waals surface area contributed by atoms with Crippen LogP contribution in [0.1, 0.15) is 21.5 Å². The summed E-state index contributed by atoms with van der Waals surface area (Å²) in [7, 11) is 1.67. The topological polar surface area (TPSA) is 54.5 Å². The summed E-state index contributed by atoms with van der Waals surface area (Å²) < 4.78 is 5.27. The number of anilines is 2. The van der Waals surface area contributed by atoms with Crippen molar-refractivity contribution in [2.45, 2.75) is 12.8 Å². The fraction of sp³-hybridized carbons (Fsp3) is 0.217. The number of carbonyl (C=O) groups is 1. The number of hydrogen-bond donors (Lipinski definition) is 1. The Balaban J connectivity index is 1.47. The van der Waals surface area contributed by atoms with Crippen LogP contribution < -0.4 is 15.0 Å². The van der Waals surface area contributed by atoms with Gasteiger partial charge in [-0.1, -0.05) is 30.3 Å². The van der Waals surface area contributed by atoms with Gasteiger partial charge in [-0.05, 0) is 54.3 Å². The minimum Gasteiger partial charge on any atom is -0.497 e. The molecule has 0 radical (unpaired) electrons. The van der Waals surface area contributed by atoms with E-state index in [0.29, 0.717) is 24.5 Å². The van der Waals surface area contributed by atoms with Crippen molar-refractivity contribution in [2.75, 3.05) is 30.4 Å². The Hall–Kier alpha value is -3.34. The maximum absolute atomic E-state index is 13.2. The Kier molecular flexibility index (Phi) is 5.24. The Bertz CT molecular complexity index is 987. The summed E-state index contributed by atoms with van der Waals surface area (Å²) in [6.45, 7) is 1.39. The first-order chi connectivity index (χ1) is 13.8. The van der Waals surface area contributed by atoms with E-state index in [1.165, 1.54) is 11.1 Å². The van der Waals surface area contributed by atoms with Crippen molar-refractivity contribution in [1.82, 2.24) is 4.98 Å². The Morgan fingerprint density at radius 1 is 1.14 bits per heavy atom. The minimum atomic E-state index is -0.0121. The number of ether oxygens (including phenoxy) is 1. The molecule has 0 atom stereocenters. The van der Waals surface area contributed by atoms with Gasteiger partial charge in [0.05, 0.1) is 12.7 Å². The van der Waals surface area contributed by atoms with Crippen LogP contribution in [0.2, 0.25) is 0 Å². The molecule has 3 aromatic rings. The summed E-state index contributed by atoms with van der Waals surface area (Å²) >= 11 is 0. The van der Waals surface area contributed by atoms with Crippen LogP contribution in [0.3, 0.4) is 0 Å². The zero-order valence-corrected chi connectivity index (χ0v) is 15.9. The molecule has 1 N–H and O–H groups in total. The van der Waals surface area contributed by atoms with E-state index in [2.05, 4.69) is 22.4 Å². The normalized spacial score (nSPS) is 12.5. The molecule has 0 saturated carbocycles. The second-order valence-corrected chi connectivity index (χ2v) is 6.76. The molecule has 0 bridgehead atoms. The number of amides is 1. The van der Waals surface area contributed by atoms with Crippen LogP contribution >= 0.6 is 0 Å². The van der Waals surface area contributed by atoms with Crippen molar-refractivity contribution in [3.8, 4) is 5.75 Å². The number of benzene rings is 2. The van der Waals surface area contributed by atoms with Gasteiger partial charge < -0.3 is 15.0 Å². The zero-order valence-electron chi connectivity index (χ0n) is 15.9. The molecule has 0 spiro atoms. The highest BCUT2D eigenvalue weighted by Gasteiger charge is 2.26. The van der Waals surface area contributed by atoms with Crippen LogP contribution in [0.4, 0.5) is 11.5 Å². The molecular formula is C23H23N3O2. The highest BCUT2D eigenvalue weighted by molar-refractivity contribution is 6.10. The summed E-state index contributed by atoms with van der Waals surface area (Å²) in [5, 5.41) is 3.33. The highest BCUT2D eigenvalue weighted by atomic mass is 16.5. The van der Waals surface area contributed by atoms with Crippen molar-refractivity contribution < 1.29 is 9.53 Å². The molecule has 28 heavy (non-hydrogen) atoms. The third kappa shape index (κ3) is 3.69. The molecule has 0 unspecified atom stereocenters. The Morgan fingerprint density at radius 3 is 2.93 bits per heavy atom. The Morgan fingerprint density at radius 2 is 2.04 bits per heavy atom. The number of carbonyl (C=O) groups excluding carboxylic acids is 1. The van der Waals surface area contributed by atoms with Gasteiger partial charge in [0.25, 0.3) is 5.91 Å². The van der Waals surface area contributed by atoms with Crippen LogP contribution in [-0.2, 0) is 12.8 Å². The predicted molar refractivity (Wildman–Crippen MR) is 111 cm³/mol. The van der Waals surface area contributed by atoms with Crippen molar-refractivity contribution in [1.29, 1.82) is 0 Å². The Labute approximate surface area is 165 Å². The summed E-state index contributed by atoms with van der Waals surface area (Å²) in [5.74, 6) is 1.46. The lowest BCUT2D eigenvalue weighted by atomic mass is 10.1. The number of aromatic nitrogens is 1. The molecular weight excluding hydrogens is 350 g/mol. The average Bonchev–Trinajstić information content (AvgIpc) is 3.18. The highest BCUT2D eigenvalue weighted by Crippen LogP contribution is 2.29. The van der Waals surface area contributed by atoms with Crippen LogP contribution in [-0.4, -0.2) is 31.1 Å². The molecule has 1 aliphatic rings. The van der Waals surface area contributed by atoms with E-state index in [-0.39, 0.29) is 5.91 Å². The zero-order chi connectivity index (χ0) is 19.3. The van der Waals surface area contributed by atoms with Crippen molar-refractivity contribution in [3.63, 3.8) is 0 Å². The fourth-order valence-corrected chi connectivity index (χ4v) is 3.57. The molecule has 4 rings (SSSR count). The SMILES string of the molecule is COc1cccc(CCNc2ncccc2C(=O)N2CCc3ccccc32)c1. The molecule has 5 nitrogen and oxygen atoms in total. The van der Waals surface area contributed by atoms with E-state index in [1.54, 1.807) is 13.3 Å². The van der Waals surface area contributed by atoms with Gasteiger partial charge >= 0.3 is 0 Å². The van der Waals surface area contributed by atoms with E-state index in [1.807, 2.05) is 53.4 Å². The second kappa shape index (κ2) is 8.13. The van der Waals surface area contributed by atoms with Crippen molar-refractivity contribution in [2.24, 2.45) is 0 Å². The van der Waals surface area contributed by atoms with Crippen molar-refractivity contribution >= 4 is 17.4 Å². The summed E-state index contributed by atoms with van der Waals surface area (Å²) in [4.78, 5) is 19.4. The van der Waals surface area contributed by atoms with Gasteiger partial charge in [-0.3, -0.25) is 4.79 Å². The second-order valence-electron chi connectivity index (χ2n) is 6.76. The minimum absolute atomic E-state index is 0.0121. The van der Waals surface area contributed by atoms with Gasteiger partial charge in [0.15, 0.2) is 0 Å². The maximum atomic E-state index is 13.2. The molecule has 2 heterocycles. The van der Waals surface area contributed by atoms with Gasteiger partial charge in [0, 0.05) is 25.0 Å². The van der Waals surface area contributed by atoms with Gasteiger partial charge in [0.1, 0.15) is 11.6 Å². The van der Waals surface area contributed by atoms with E-state index in [4.69, 9.17) is 4.74 Å². The number of para-hydroxylation sites is 1. The average molecular weight is 373 g/mol. The van der Waals surface area contributed by atoms with Gasteiger partial charge in [-0.15, -0.1) is 0 Å². The van der Waals surface area contributed by atoms with Crippen LogP contribution in [0.25, 0.3) is 0 Å². The van der Waals surface area contributed by atoms with E-state index < -0.39 is 0 Å². The van der Waals surface area contributed by atoms with Crippen LogP contribution in [0, 0.1) is 0 Å². The summed E-state index contributed by atoms with van der Waals surface area (Å²) in [5.41, 5.74) is 3.99. The van der Waals surface area contributed by atoms with Crippen LogP contribution in [0.5, 0.6) is 5.75 Å². The first kappa shape index (κ1) is 18.0. The molecule has 2 aromatic carbocycles. The van der Waals surface area contributed by atoms with Gasteiger partial charge in [-0.2, -0.15) is 0 Å². The summed E-state index contributed by atoms with van der Waals surface area (Å²) in [6, 6.07) is 19.7.